The van der Waals surface area contributed by atoms with Crippen molar-refractivity contribution >= 4 is 42.1 Å². The van der Waals surface area contributed by atoms with Crippen molar-refractivity contribution in [3.8, 4) is 0 Å². The van der Waals surface area contributed by atoms with Gasteiger partial charge in [-0.2, -0.15) is 0 Å². The summed E-state index contributed by atoms with van der Waals surface area (Å²) in [6.07, 6.45) is 11.3. The summed E-state index contributed by atoms with van der Waals surface area (Å²) >= 11 is 1.80. The maximum atomic E-state index is 12.7. The molecule has 0 aliphatic heterocycles. The van der Waals surface area contributed by atoms with Crippen molar-refractivity contribution in [2.75, 3.05) is 13.6 Å². The van der Waals surface area contributed by atoms with Gasteiger partial charge < -0.3 is 10.6 Å². The van der Waals surface area contributed by atoms with Crippen LogP contribution in [0.1, 0.15) is 66.9 Å². The normalized spacial score (nSPS) is 18.5. The predicted molar refractivity (Wildman–Crippen MR) is 109 cm³/mol. The monoisotopic (exact) mass is 407 g/mol. The summed E-state index contributed by atoms with van der Waals surface area (Å²) in [6.45, 7) is 1.29. The zero-order valence-electron chi connectivity index (χ0n) is 15.1. The lowest BCUT2D eigenvalue weighted by Gasteiger charge is -2.36. The highest BCUT2D eigenvalue weighted by Crippen LogP contribution is 2.39. The molecule has 144 valence electrons. The molecule has 25 heavy (non-hydrogen) atoms. The Balaban J connectivity index is 0.00000156. The molecule has 2 aliphatic carbocycles. The zero-order valence-corrected chi connectivity index (χ0v) is 17.5. The van der Waals surface area contributed by atoms with E-state index >= 15 is 0 Å². The van der Waals surface area contributed by atoms with E-state index in [2.05, 4.69) is 0 Å². The van der Waals surface area contributed by atoms with Gasteiger partial charge in [-0.1, -0.05) is 19.3 Å². The van der Waals surface area contributed by atoms with Crippen LogP contribution < -0.4 is 5.73 Å². The molecule has 0 unspecified atom stereocenters. The first-order valence-corrected chi connectivity index (χ1v) is 9.85. The average molecular weight is 408 g/mol. The van der Waals surface area contributed by atoms with Crippen LogP contribution in [0, 0.1) is 5.41 Å². The molecule has 0 atom stereocenters. The minimum Gasteiger partial charge on any atom is -0.339 e. The minimum atomic E-state index is 0. The van der Waals surface area contributed by atoms with Crippen molar-refractivity contribution in [2.24, 2.45) is 11.1 Å². The summed E-state index contributed by atoms with van der Waals surface area (Å²) in [6, 6.07) is 0. The van der Waals surface area contributed by atoms with Gasteiger partial charge >= 0.3 is 0 Å². The fourth-order valence-electron chi connectivity index (χ4n) is 3.97. The Bertz CT molecular complexity index is 535. The second-order valence-corrected chi connectivity index (χ2v) is 8.54. The maximum Gasteiger partial charge on any atom is 0.223 e. The van der Waals surface area contributed by atoms with Gasteiger partial charge in [0.1, 0.15) is 5.01 Å². The highest BCUT2D eigenvalue weighted by atomic mass is 35.5. The van der Waals surface area contributed by atoms with Gasteiger partial charge in [0.05, 0.1) is 12.2 Å². The van der Waals surface area contributed by atoms with Crippen LogP contribution in [0.3, 0.4) is 0 Å². The fraction of sp³-hybridized carbons (Fsp3) is 0.778. The number of aromatic nitrogens is 1. The van der Waals surface area contributed by atoms with Crippen LogP contribution in [-0.2, 0) is 24.2 Å². The van der Waals surface area contributed by atoms with Gasteiger partial charge in [0, 0.05) is 18.3 Å². The molecule has 2 N–H and O–H groups in total. The summed E-state index contributed by atoms with van der Waals surface area (Å²) in [5, 5.41) is 1.10. The Kier molecular flexibility index (Phi) is 9.16. The number of rotatable bonds is 5. The van der Waals surface area contributed by atoms with E-state index < -0.39 is 0 Å². The Morgan fingerprint density at radius 3 is 2.48 bits per heavy atom. The summed E-state index contributed by atoms with van der Waals surface area (Å²) in [5.41, 5.74) is 7.35. The Labute approximate surface area is 167 Å². The second-order valence-electron chi connectivity index (χ2n) is 7.38. The van der Waals surface area contributed by atoms with Gasteiger partial charge in [-0.05, 0) is 50.5 Å². The zero-order chi connectivity index (χ0) is 16.3. The number of hydrogen-bond donors (Lipinski definition) is 1. The van der Waals surface area contributed by atoms with Gasteiger partial charge in [0.15, 0.2) is 0 Å². The van der Waals surface area contributed by atoms with Crippen LogP contribution in [0.2, 0.25) is 0 Å². The van der Waals surface area contributed by atoms with Crippen LogP contribution in [-0.4, -0.2) is 29.4 Å². The van der Waals surface area contributed by atoms with E-state index in [0.717, 1.165) is 24.3 Å². The van der Waals surface area contributed by atoms with Crippen LogP contribution in [0.4, 0.5) is 0 Å². The predicted octanol–water partition coefficient (Wildman–Crippen LogP) is 4.12. The summed E-state index contributed by atoms with van der Waals surface area (Å²) < 4.78 is 0. The first-order valence-electron chi connectivity index (χ1n) is 9.03. The first kappa shape index (κ1) is 22.7. The van der Waals surface area contributed by atoms with Crippen molar-refractivity contribution in [2.45, 2.75) is 70.8 Å². The van der Waals surface area contributed by atoms with Crippen LogP contribution in [0.15, 0.2) is 0 Å². The fourth-order valence-corrected chi connectivity index (χ4v) is 5.19. The number of amides is 1. The lowest BCUT2D eigenvalue weighted by molar-refractivity contribution is -0.133. The molecule has 2 aliphatic rings. The number of hydrogen-bond acceptors (Lipinski definition) is 4. The van der Waals surface area contributed by atoms with Crippen molar-refractivity contribution in [1.82, 2.24) is 9.88 Å². The summed E-state index contributed by atoms with van der Waals surface area (Å²) in [5.74, 6) is 0.227. The molecule has 0 aromatic carbocycles. The molecule has 1 aromatic heterocycles. The van der Waals surface area contributed by atoms with E-state index in [9.17, 15) is 4.79 Å². The van der Waals surface area contributed by atoms with Crippen LogP contribution in [0.25, 0.3) is 0 Å². The molecule has 7 heteroatoms. The maximum absolute atomic E-state index is 12.7. The first-order chi connectivity index (χ1) is 11.1. The number of carbonyl (C=O) groups is 1. The van der Waals surface area contributed by atoms with Crippen molar-refractivity contribution in [3.63, 3.8) is 0 Å². The topological polar surface area (TPSA) is 59.2 Å². The average Bonchev–Trinajstić information content (AvgIpc) is 2.97. The highest BCUT2D eigenvalue weighted by molar-refractivity contribution is 7.11. The largest absolute Gasteiger partial charge is 0.339 e. The SMILES string of the molecule is CN(Cc1nc2c(s1)CCCC2)C(=O)CC1(CN)CCCCC1.Cl.Cl. The number of fused-ring (bicyclic) bond motifs is 1. The molecule has 0 spiro atoms. The molecule has 0 saturated heterocycles. The molecular weight excluding hydrogens is 377 g/mol. The molecule has 0 bridgehead atoms. The third-order valence-corrected chi connectivity index (χ3v) is 6.70. The number of halogens is 2. The second kappa shape index (κ2) is 10.1. The molecule has 3 rings (SSSR count). The molecule has 1 fully saturated rings. The minimum absolute atomic E-state index is 0. The van der Waals surface area contributed by atoms with Gasteiger partial charge in [-0.15, -0.1) is 36.2 Å². The number of nitrogens with two attached hydrogens (primary N) is 1. The quantitative estimate of drug-likeness (QED) is 0.797. The number of aryl methyl sites for hydroxylation is 2. The molecule has 0 radical (unpaired) electrons. The Hall–Kier alpha value is -0.360. The summed E-state index contributed by atoms with van der Waals surface area (Å²) in [7, 11) is 1.91. The van der Waals surface area contributed by atoms with Gasteiger partial charge in [-0.25, -0.2) is 4.98 Å². The third kappa shape index (κ3) is 5.56. The lowest BCUT2D eigenvalue weighted by atomic mass is 9.71. The Morgan fingerprint density at radius 2 is 1.84 bits per heavy atom. The highest BCUT2D eigenvalue weighted by Gasteiger charge is 2.34. The standard InChI is InChI=1S/C18H29N3OS.2ClH/c1-21(12-16-20-14-7-3-4-8-15(14)23-16)17(22)11-18(13-19)9-5-2-6-10-18;;/h2-13,19H2,1H3;2*1H. The van der Waals surface area contributed by atoms with Crippen LogP contribution in [0.5, 0.6) is 0 Å². The van der Waals surface area contributed by atoms with Crippen molar-refractivity contribution in [1.29, 1.82) is 0 Å². The van der Waals surface area contributed by atoms with Gasteiger partial charge in [-0.3, -0.25) is 4.79 Å². The van der Waals surface area contributed by atoms with Crippen molar-refractivity contribution in [3.05, 3.63) is 15.6 Å². The van der Waals surface area contributed by atoms with E-state index in [0.29, 0.717) is 19.5 Å². The Morgan fingerprint density at radius 1 is 1.16 bits per heavy atom. The number of thiazole rings is 1. The number of carbonyl (C=O) groups excluding carboxylic acids is 1. The van der Waals surface area contributed by atoms with Crippen LogP contribution >= 0.6 is 36.2 Å². The van der Waals surface area contributed by atoms with E-state index in [1.54, 1.807) is 11.3 Å². The van der Waals surface area contributed by atoms with E-state index in [1.807, 2.05) is 11.9 Å². The number of nitrogens with zero attached hydrogens (tertiary/aromatic N) is 2. The molecule has 1 aromatic rings. The smallest absolute Gasteiger partial charge is 0.223 e. The third-order valence-electron chi connectivity index (χ3n) is 5.56. The molecule has 1 amide bonds. The molecular formula is C18H31Cl2N3OS. The van der Waals surface area contributed by atoms with Crippen molar-refractivity contribution < 1.29 is 4.79 Å². The lowest BCUT2D eigenvalue weighted by Crippen LogP contribution is -2.39. The van der Waals surface area contributed by atoms with E-state index in [-0.39, 0.29) is 36.1 Å². The molecule has 4 nitrogen and oxygen atoms in total. The summed E-state index contributed by atoms with van der Waals surface area (Å²) in [4.78, 5) is 20.7. The molecule has 1 saturated carbocycles. The van der Waals surface area contributed by atoms with Gasteiger partial charge in [0.2, 0.25) is 5.91 Å². The van der Waals surface area contributed by atoms with Gasteiger partial charge in [0.25, 0.3) is 0 Å². The van der Waals surface area contributed by atoms with E-state index in [1.165, 1.54) is 49.1 Å². The molecule has 1 heterocycles. The van der Waals surface area contributed by atoms with E-state index in [4.69, 9.17) is 10.7 Å².